The topological polar surface area (TPSA) is 78.5 Å². The second-order valence-electron chi connectivity index (χ2n) is 9.91. The number of para-hydroxylation sites is 1. The predicted octanol–water partition coefficient (Wildman–Crippen LogP) is 5.12. The average Bonchev–Trinajstić information content (AvgIpc) is 3.58. The molecule has 0 aromatic heterocycles. The van der Waals surface area contributed by atoms with Gasteiger partial charge in [-0.1, -0.05) is 57.9 Å². The molecule has 2 spiro atoms. The summed E-state index contributed by atoms with van der Waals surface area (Å²) in [7, 11) is 0. The molecule has 180 valence electrons. The highest BCUT2D eigenvalue weighted by Gasteiger charge is 2.81. The van der Waals surface area contributed by atoms with Crippen molar-refractivity contribution >= 4 is 56.5 Å². The van der Waals surface area contributed by atoms with E-state index < -0.39 is 16.9 Å². The molecule has 4 aliphatic heterocycles. The number of nitrogens with one attached hydrogen (secondary N) is 2. The summed E-state index contributed by atoms with van der Waals surface area (Å²) in [5.74, 6) is -1.51. The van der Waals surface area contributed by atoms with Crippen molar-refractivity contribution in [3.05, 3.63) is 92.9 Å². The zero-order valence-corrected chi connectivity index (χ0v) is 21.4. The number of halogens is 2. The number of anilines is 2. The maximum absolute atomic E-state index is 14.5. The van der Waals surface area contributed by atoms with E-state index in [1.54, 1.807) is 30.3 Å². The normalized spacial score (nSPS) is 29.8. The molecular formula is C28H21BrClN3O3. The molecular weight excluding hydrogens is 542 g/mol. The van der Waals surface area contributed by atoms with Crippen LogP contribution in [0, 0.1) is 5.92 Å². The summed E-state index contributed by atoms with van der Waals surface area (Å²) < 4.78 is 0.863. The lowest BCUT2D eigenvalue weighted by Gasteiger charge is -2.43. The number of Topliss-reactive ketones (excluding diaryl/α,β-unsaturated/α-hetero) is 1. The summed E-state index contributed by atoms with van der Waals surface area (Å²) in [6, 6.07) is 19.7. The number of rotatable bonds is 2. The van der Waals surface area contributed by atoms with E-state index in [2.05, 4.69) is 31.5 Å². The van der Waals surface area contributed by atoms with Crippen LogP contribution in [-0.4, -0.2) is 35.1 Å². The number of benzene rings is 3. The van der Waals surface area contributed by atoms with E-state index >= 15 is 0 Å². The molecule has 0 aliphatic carbocycles. The first-order valence-corrected chi connectivity index (χ1v) is 13.2. The van der Waals surface area contributed by atoms with Crippen LogP contribution in [0.1, 0.15) is 34.3 Å². The Balaban J connectivity index is 1.59. The Hall–Kier alpha value is -3.00. The van der Waals surface area contributed by atoms with Crippen LogP contribution in [0.2, 0.25) is 5.02 Å². The maximum Gasteiger partial charge on any atom is 0.251 e. The third kappa shape index (κ3) is 2.48. The van der Waals surface area contributed by atoms with E-state index in [1.807, 2.05) is 36.4 Å². The van der Waals surface area contributed by atoms with Crippen LogP contribution < -0.4 is 10.6 Å². The summed E-state index contributed by atoms with van der Waals surface area (Å²) in [5, 5.41) is 6.56. The Morgan fingerprint density at radius 1 is 0.944 bits per heavy atom. The first-order valence-electron chi connectivity index (χ1n) is 12.0. The van der Waals surface area contributed by atoms with Crippen molar-refractivity contribution in [3.63, 3.8) is 0 Å². The van der Waals surface area contributed by atoms with Crippen LogP contribution in [0.15, 0.2) is 71.2 Å². The molecule has 4 aliphatic rings. The molecule has 2 fully saturated rings. The van der Waals surface area contributed by atoms with Crippen molar-refractivity contribution in [1.82, 2.24) is 4.90 Å². The zero-order valence-electron chi connectivity index (χ0n) is 19.1. The Bertz CT molecular complexity index is 1490. The molecule has 8 heteroatoms. The molecule has 36 heavy (non-hydrogen) atoms. The van der Waals surface area contributed by atoms with Gasteiger partial charge in [0, 0.05) is 38.0 Å². The van der Waals surface area contributed by atoms with Gasteiger partial charge in [-0.05, 0) is 61.3 Å². The Kier molecular flexibility index (Phi) is 4.63. The monoisotopic (exact) mass is 561 g/mol. The molecule has 4 heterocycles. The lowest BCUT2D eigenvalue weighted by Crippen LogP contribution is -2.62. The molecule has 4 atom stereocenters. The predicted molar refractivity (Wildman–Crippen MR) is 140 cm³/mol. The number of fused-ring (bicyclic) bond motifs is 7. The molecule has 0 bridgehead atoms. The third-order valence-electron chi connectivity index (χ3n) is 8.47. The van der Waals surface area contributed by atoms with Gasteiger partial charge in [0.15, 0.2) is 5.78 Å². The maximum atomic E-state index is 14.5. The van der Waals surface area contributed by atoms with E-state index in [0.717, 1.165) is 17.3 Å². The summed E-state index contributed by atoms with van der Waals surface area (Å²) in [6.45, 7) is 0.603. The van der Waals surface area contributed by atoms with Crippen molar-refractivity contribution in [2.75, 3.05) is 17.2 Å². The van der Waals surface area contributed by atoms with Gasteiger partial charge in [-0.2, -0.15) is 0 Å². The summed E-state index contributed by atoms with van der Waals surface area (Å²) >= 11 is 9.93. The fourth-order valence-corrected chi connectivity index (χ4v) is 7.78. The SMILES string of the molecule is O=C(c1ccc(Br)cc1)[C@H]1[C@@H]2CCCN2[C@]2(C(=O)Nc3ccc(Cl)cc32)[C@]12C(=O)Nc1ccccc12. The molecule has 3 aromatic rings. The first-order chi connectivity index (χ1) is 17.4. The minimum absolute atomic E-state index is 0.133. The number of carbonyl (C=O) groups is 3. The van der Waals surface area contributed by atoms with Crippen molar-refractivity contribution in [3.8, 4) is 0 Å². The van der Waals surface area contributed by atoms with Crippen LogP contribution in [0.4, 0.5) is 11.4 Å². The van der Waals surface area contributed by atoms with Crippen LogP contribution in [0.5, 0.6) is 0 Å². The number of hydrogen-bond acceptors (Lipinski definition) is 4. The number of amides is 2. The molecule has 0 radical (unpaired) electrons. The van der Waals surface area contributed by atoms with Gasteiger partial charge in [0.1, 0.15) is 11.0 Å². The lowest BCUT2D eigenvalue weighted by molar-refractivity contribution is -0.137. The van der Waals surface area contributed by atoms with E-state index in [4.69, 9.17) is 11.6 Å². The average molecular weight is 563 g/mol. The quantitative estimate of drug-likeness (QED) is 0.425. The molecule has 2 amide bonds. The first kappa shape index (κ1) is 22.2. The Labute approximate surface area is 221 Å². The molecule has 0 saturated carbocycles. The number of hydrogen-bond donors (Lipinski definition) is 2. The molecule has 7 rings (SSSR count). The van der Waals surface area contributed by atoms with Gasteiger partial charge in [-0.15, -0.1) is 0 Å². The van der Waals surface area contributed by atoms with Gasteiger partial charge in [-0.25, -0.2) is 0 Å². The van der Waals surface area contributed by atoms with Gasteiger partial charge >= 0.3 is 0 Å². The molecule has 6 nitrogen and oxygen atoms in total. The highest BCUT2D eigenvalue weighted by molar-refractivity contribution is 9.10. The van der Waals surface area contributed by atoms with Crippen molar-refractivity contribution in [1.29, 1.82) is 0 Å². The summed E-state index contributed by atoms with van der Waals surface area (Å²) in [6.07, 6.45) is 1.55. The minimum atomic E-state index is -1.46. The lowest BCUT2D eigenvalue weighted by atomic mass is 9.57. The van der Waals surface area contributed by atoms with Crippen LogP contribution in [-0.2, 0) is 20.5 Å². The molecule has 2 N–H and O–H groups in total. The Morgan fingerprint density at radius 2 is 1.67 bits per heavy atom. The van der Waals surface area contributed by atoms with E-state index in [9.17, 15) is 14.4 Å². The third-order valence-corrected chi connectivity index (χ3v) is 9.23. The smallest absolute Gasteiger partial charge is 0.251 e. The van der Waals surface area contributed by atoms with E-state index in [0.29, 0.717) is 39.6 Å². The number of ketones is 1. The van der Waals surface area contributed by atoms with Crippen molar-refractivity contribution in [2.24, 2.45) is 5.92 Å². The van der Waals surface area contributed by atoms with Crippen molar-refractivity contribution in [2.45, 2.75) is 29.8 Å². The number of carbonyl (C=O) groups excluding carboxylic acids is 3. The zero-order chi connectivity index (χ0) is 24.8. The summed E-state index contributed by atoms with van der Waals surface area (Å²) in [5.41, 5.74) is 0.268. The van der Waals surface area contributed by atoms with E-state index in [1.165, 1.54) is 0 Å². The number of nitrogens with zero attached hydrogens (tertiary/aromatic N) is 1. The minimum Gasteiger partial charge on any atom is -0.325 e. The van der Waals surface area contributed by atoms with Crippen LogP contribution >= 0.6 is 27.5 Å². The fourth-order valence-electron chi connectivity index (χ4n) is 7.34. The second kappa shape index (κ2) is 7.51. The highest BCUT2D eigenvalue weighted by atomic mass is 79.9. The highest BCUT2D eigenvalue weighted by Crippen LogP contribution is 2.68. The molecule has 0 unspecified atom stereocenters. The van der Waals surface area contributed by atoms with E-state index in [-0.39, 0.29) is 23.6 Å². The standard InChI is InChI=1S/C28H21BrClN3O3/c29-16-9-7-15(8-10-16)24(34)23-22-6-3-13-33(22)28(19-14-17(30)11-12-21(19)32-26(28)36)27(23)18-4-1-2-5-20(18)31-25(27)35/h1-2,4-5,7-12,14,22-23H,3,6,13H2,(H,31,35)(H,32,36)/t22-,23+,27-,28+/m0/s1. The van der Waals surface area contributed by atoms with Gasteiger partial charge < -0.3 is 10.6 Å². The van der Waals surface area contributed by atoms with Crippen molar-refractivity contribution < 1.29 is 14.4 Å². The molecule has 2 saturated heterocycles. The van der Waals surface area contributed by atoms with Gasteiger partial charge in [0.2, 0.25) is 5.91 Å². The second-order valence-corrected chi connectivity index (χ2v) is 11.3. The largest absolute Gasteiger partial charge is 0.325 e. The van der Waals surface area contributed by atoms with Crippen LogP contribution in [0.3, 0.4) is 0 Å². The fraction of sp³-hybridized carbons (Fsp3) is 0.250. The van der Waals surface area contributed by atoms with Gasteiger partial charge in [0.05, 0.1) is 5.92 Å². The molecule has 3 aromatic carbocycles. The summed E-state index contributed by atoms with van der Waals surface area (Å²) in [4.78, 5) is 45.2. The van der Waals surface area contributed by atoms with Gasteiger partial charge in [0.25, 0.3) is 5.91 Å². The Morgan fingerprint density at radius 3 is 2.47 bits per heavy atom. The van der Waals surface area contributed by atoms with Crippen LogP contribution in [0.25, 0.3) is 0 Å². The van der Waals surface area contributed by atoms with Gasteiger partial charge in [-0.3, -0.25) is 19.3 Å².